The molecule has 1 saturated heterocycles. The quantitative estimate of drug-likeness (QED) is 0.740. The van der Waals surface area contributed by atoms with Gasteiger partial charge >= 0.3 is 6.03 Å². The van der Waals surface area contributed by atoms with Crippen LogP contribution in [0.1, 0.15) is 10.4 Å². The Morgan fingerprint density at radius 3 is 2.60 bits per heavy atom. The third kappa shape index (κ3) is 3.05. The fourth-order valence-electron chi connectivity index (χ4n) is 1.81. The van der Waals surface area contributed by atoms with Gasteiger partial charge < -0.3 is 15.4 Å². The fraction of sp³-hybridized carbons (Fsp3) is 0.308. The van der Waals surface area contributed by atoms with Crippen molar-refractivity contribution < 1.29 is 19.1 Å². The lowest BCUT2D eigenvalue weighted by Crippen LogP contribution is -2.38. The molecule has 1 aliphatic heterocycles. The summed E-state index contributed by atoms with van der Waals surface area (Å²) in [4.78, 5) is 35.5. The maximum absolute atomic E-state index is 11.8. The monoisotopic (exact) mass is 277 g/mol. The molecule has 0 bridgehead atoms. The number of carbonyl (C=O) groups is 3. The Morgan fingerprint density at radius 2 is 2.05 bits per heavy atom. The maximum atomic E-state index is 11.8. The first kappa shape index (κ1) is 13.9. The molecule has 106 valence electrons. The van der Waals surface area contributed by atoms with Crippen molar-refractivity contribution in [2.45, 2.75) is 0 Å². The Bertz CT molecular complexity index is 511. The number of rotatable bonds is 5. The molecule has 7 heteroatoms. The molecule has 0 atom stereocenters. The number of carbonyl (C=O) groups excluding carboxylic acids is 3. The van der Waals surface area contributed by atoms with E-state index in [9.17, 15) is 14.4 Å². The van der Waals surface area contributed by atoms with Gasteiger partial charge in [0.2, 0.25) is 5.91 Å². The summed E-state index contributed by atoms with van der Waals surface area (Å²) in [5.41, 5.74) is 0.489. The van der Waals surface area contributed by atoms with Crippen LogP contribution in [-0.2, 0) is 4.79 Å². The molecule has 2 N–H and O–H groups in total. The van der Waals surface area contributed by atoms with Crippen LogP contribution in [0.5, 0.6) is 5.75 Å². The van der Waals surface area contributed by atoms with Gasteiger partial charge in [0, 0.05) is 18.7 Å². The lowest BCUT2D eigenvalue weighted by atomic mass is 10.2. The van der Waals surface area contributed by atoms with Gasteiger partial charge in [-0.15, -0.1) is 0 Å². The lowest BCUT2D eigenvalue weighted by Gasteiger charge is -2.12. The van der Waals surface area contributed by atoms with Gasteiger partial charge in [-0.05, 0) is 24.3 Å². The number of nitrogens with zero attached hydrogens (tertiary/aromatic N) is 1. The van der Waals surface area contributed by atoms with E-state index in [-0.39, 0.29) is 31.4 Å². The van der Waals surface area contributed by atoms with Crippen molar-refractivity contribution >= 4 is 17.8 Å². The molecule has 1 aromatic rings. The highest BCUT2D eigenvalue weighted by atomic mass is 16.5. The van der Waals surface area contributed by atoms with Gasteiger partial charge in [0.25, 0.3) is 5.91 Å². The van der Waals surface area contributed by atoms with E-state index >= 15 is 0 Å². The van der Waals surface area contributed by atoms with Crippen LogP contribution in [-0.4, -0.2) is 49.5 Å². The number of urea groups is 1. The van der Waals surface area contributed by atoms with Gasteiger partial charge in [-0.2, -0.15) is 0 Å². The summed E-state index contributed by atoms with van der Waals surface area (Å²) in [5, 5.41) is 5.06. The van der Waals surface area contributed by atoms with Gasteiger partial charge in [-0.25, -0.2) is 4.79 Å². The molecule has 0 unspecified atom stereocenters. The second-order valence-corrected chi connectivity index (χ2v) is 4.19. The minimum atomic E-state index is -0.423. The first-order chi connectivity index (χ1) is 9.61. The molecule has 0 radical (unpaired) electrons. The van der Waals surface area contributed by atoms with E-state index in [1.807, 2.05) is 0 Å². The van der Waals surface area contributed by atoms with Crippen LogP contribution in [0, 0.1) is 0 Å². The summed E-state index contributed by atoms with van der Waals surface area (Å²) in [6.07, 6.45) is 0. The van der Waals surface area contributed by atoms with Crippen molar-refractivity contribution in [2.24, 2.45) is 0 Å². The Labute approximate surface area is 115 Å². The molecule has 0 aromatic heterocycles. The Balaban J connectivity index is 1.82. The van der Waals surface area contributed by atoms with E-state index in [0.717, 1.165) is 4.90 Å². The Kier molecular flexibility index (Phi) is 4.19. The van der Waals surface area contributed by atoms with E-state index in [2.05, 4.69) is 10.6 Å². The molecule has 0 saturated carbocycles. The molecule has 20 heavy (non-hydrogen) atoms. The number of nitrogens with one attached hydrogen (secondary N) is 2. The lowest BCUT2D eigenvalue weighted by molar-refractivity contribution is -0.124. The van der Waals surface area contributed by atoms with Crippen molar-refractivity contribution in [2.75, 3.05) is 26.7 Å². The predicted octanol–water partition coefficient (Wildman–Crippen LogP) is -0.0232. The van der Waals surface area contributed by atoms with Crippen LogP contribution in [0.25, 0.3) is 0 Å². The van der Waals surface area contributed by atoms with Gasteiger partial charge in [0.15, 0.2) is 0 Å². The normalized spacial score (nSPS) is 14.2. The molecule has 1 fully saturated rings. The molecule has 1 heterocycles. The molecule has 1 aliphatic rings. The number of methoxy groups -OCH3 is 1. The fourth-order valence-corrected chi connectivity index (χ4v) is 1.81. The Hall–Kier alpha value is -2.57. The first-order valence-electron chi connectivity index (χ1n) is 6.12. The summed E-state index contributed by atoms with van der Waals surface area (Å²) in [6, 6.07) is 6.23. The second kappa shape index (κ2) is 6.05. The molecule has 1 aromatic carbocycles. The van der Waals surface area contributed by atoms with Crippen LogP contribution in [0.4, 0.5) is 4.79 Å². The van der Waals surface area contributed by atoms with Gasteiger partial charge in [-0.1, -0.05) is 0 Å². The van der Waals surface area contributed by atoms with E-state index in [1.54, 1.807) is 31.4 Å². The number of benzene rings is 1. The predicted molar refractivity (Wildman–Crippen MR) is 70.4 cm³/mol. The van der Waals surface area contributed by atoms with Gasteiger partial charge in [-0.3, -0.25) is 14.5 Å². The van der Waals surface area contributed by atoms with Gasteiger partial charge in [0.05, 0.1) is 13.7 Å². The van der Waals surface area contributed by atoms with Crippen LogP contribution in [0.15, 0.2) is 24.3 Å². The topological polar surface area (TPSA) is 87.7 Å². The number of imide groups is 1. The largest absolute Gasteiger partial charge is 0.497 e. The summed E-state index contributed by atoms with van der Waals surface area (Å²) >= 11 is 0. The SMILES string of the molecule is COc1ccc(C(=O)NCCN2C(=O)CNC2=O)cc1. The van der Waals surface area contributed by atoms with Crippen molar-refractivity contribution in [3.63, 3.8) is 0 Å². The highest BCUT2D eigenvalue weighted by Crippen LogP contribution is 2.10. The third-order valence-corrected chi connectivity index (χ3v) is 2.91. The van der Waals surface area contributed by atoms with Crippen molar-refractivity contribution in [1.29, 1.82) is 0 Å². The molecule has 7 nitrogen and oxygen atoms in total. The van der Waals surface area contributed by atoms with E-state index in [0.29, 0.717) is 11.3 Å². The van der Waals surface area contributed by atoms with Crippen LogP contribution in [0.3, 0.4) is 0 Å². The second-order valence-electron chi connectivity index (χ2n) is 4.19. The van der Waals surface area contributed by atoms with E-state index < -0.39 is 6.03 Å². The van der Waals surface area contributed by atoms with Crippen molar-refractivity contribution in [3.8, 4) is 5.75 Å². The average Bonchev–Trinajstić information content (AvgIpc) is 2.79. The molecule has 2 rings (SSSR count). The van der Waals surface area contributed by atoms with E-state index in [4.69, 9.17) is 4.74 Å². The summed E-state index contributed by atoms with van der Waals surface area (Å²) in [5.74, 6) is 0.120. The number of hydrogen-bond acceptors (Lipinski definition) is 4. The zero-order valence-electron chi connectivity index (χ0n) is 11.0. The summed E-state index contributed by atoms with van der Waals surface area (Å²) < 4.78 is 5.00. The minimum absolute atomic E-state index is 0.0191. The molecule has 0 spiro atoms. The molecule has 4 amide bonds. The molecule has 0 aliphatic carbocycles. The average molecular weight is 277 g/mol. The zero-order chi connectivity index (χ0) is 14.5. The first-order valence-corrected chi connectivity index (χ1v) is 6.12. The smallest absolute Gasteiger partial charge is 0.324 e. The number of amides is 4. The third-order valence-electron chi connectivity index (χ3n) is 2.91. The highest BCUT2D eigenvalue weighted by molar-refractivity contribution is 6.02. The zero-order valence-corrected chi connectivity index (χ0v) is 11.0. The molecular formula is C13H15N3O4. The highest BCUT2D eigenvalue weighted by Gasteiger charge is 2.27. The number of hydrogen-bond donors (Lipinski definition) is 2. The standard InChI is InChI=1S/C13H15N3O4/c1-20-10-4-2-9(3-5-10)12(18)14-6-7-16-11(17)8-15-13(16)19/h2-5H,6-8H2,1H3,(H,14,18)(H,15,19). The van der Waals surface area contributed by atoms with Gasteiger partial charge in [0.1, 0.15) is 5.75 Å². The van der Waals surface area contributed by atoms with Crippen molar-refractivity contribution in [1.82, 2.24) is 15.5 Å². The maximum Gasteiger partial charge on any atom is 0.324 e. The van der Waals surface area contributed by atoms with Crippen LogP contribution >= 0.6 is 0 Å². The van der Waals surface area contributed by atoms with Crippen LogP contribution < -0.4 is 15.4 Å². The number of ether oxygens (including phenoxy) is 1. The van der Waals surface area contributed by atoms with Crippen molar-refractivity contribution in [3.05, 3.63) is 29.8 Å². The molecular weight excluding hydrogens is 262 g/mol. The van der Waals surface area contributed by atoms with Crippen LogP contribution in [0.2, 0.25) is 0 Å². The van der Waals surface area contributed by atoms with E-state index in [1.165, 1.54) is 0 Å². The minimum Gasteiger partial charge on any atom is -0.497 e. The summed E-state index contributed by atoms with van der Waals surface area (Å²) in [7, 11) is 1.55. The summed E-state index contributed by atoms with van der Waals surface area (Å²) in [6.45, 7) is 0.391. The Morgan fingerprint density at radius 1 is 1.35 bits per heavy atom.